The Hall–Kier alpha value is -4.02. The number of amides is 2. The second-order valence-corrected chi connectivity index (χ2v) is 6.36. The summed E-state index contributed by atoms with van der Waals surface area (Å²) < 4.78 is 24.9. The lowest BCUT2D eigenvalue weighted by Crippen LogP contribution is -2.47. The molecular formula is C20H21FN6O4. The predicted molar refractivity (Wildman–Crippen MR) is 107 cm³/mol. The van der Waals surface area contributed by atoms with Gasteiger partial charge in [0, 0.05) is 6.07 Å². The van der Waals surface area contributed by atoms with Crippen molar-refractivity contribution in [2.24, 2.45) is 0 Å². The molecule has 2 N–H and O–H groups in total. The molecule has 0 aliphatic carbocycles. The quantitative estimate of drug-likeness (QED) is 0.549. The Labute approximate surface area is 177 Å². The van der Waals surface area contributed by atoms with Crippen LogP contribution in [0.25, 0.3) is 5.82 Å². The molecule has 0 radical (unpaired) electrons. The van der Waals surface area contributed by atoms with Crippen LogP contribution >= 0.6 is 0 Å². The molecule has 0 aliphatic rings. The monoisotopic (exact) mass is 428 g/mol. The normalized spacial score (nSPS) is 11.5. The number of benzene rings is 1. The van der Waals surface area contributed by atoms with Gasteiger partial charge in [0.2, 0.25) is 5.88 Å². The largest absolute Gasteiger partial charge is 0.481 e. The Kier molecular flexibility index (Phi) is 6.75. The average Bonchev–Trinajstić information content (AvgIpc) is 3.23. The lowest BCUT2D eigenvalue weighted by atomic mass is 10.2. The maximum absolute atomic E-state index is 13.0. The van der Waals surface area contributed by atoms with E-state index >= 15 is 0 Å². The van der Waals surface area contributed by atoms with Crippen LogP contribution in [0.5, 0.6) is 11.6 Å². The topological polar surface area (TPSA) is 120 Å². The molecule has 1 aromatic carbocycles. The summed E-state index contributed by atoms with van der Waals surface area (Å²) in [5, 5.41) is 12.1. The molecule has 1 atom stereocenters. The third kappa shape index (κ3) is 5.13. The van der Waals surface area contributed by atoms with Crippen molar-refractivity contribution in [3.05, 3.63) is 59.7 Å². The smallest absolute Gasteiger partial charge is 0.279 e. The van der Waals surface area contributed by atoms with Crippen molar-refractivity contribution in [3.8, 4) is 17.4 Å². The molecular weight excluding hydrogens is 407 g/mol. The number of carbonyl (C=O) groups is 2. The highest BCUT2D eigenvalue weighted by Crippen LogP contribution is 2.16. The maximum Gasteiger partial charge on any atom is 0.279 e. The summed E-state index contributed by atoms with van der Waals surface area (Å²) in [6, 6.07) is 8.54. The first-order chi connectivity index (χ1) is 14.9. The molecule has 10 nitrogen and oxygen atoms in total. The Bertz CT molecular complexity index is 1050. The van der Waals surface area contributed by atoms with Crippen molar-refractivity contribution in [2.45, 2.75) is 26.4 Å². The van der Waals surface area contributed by atoms with E-state index in [1.54, 1.807) is 12.1 Å². The van der Waals surface area contributed by atoms with Crippen molar-refractivity contribution in [1.82, 2.24) is 30.8 Å². The molecule has 0 saturated carbocycles. The van der Waals surface area contributed by atoms with Crippen molar-refractivity contribution < 1.29 is 23.5 Å². The van der Waals surface area contributed by atoms with Gasteiger partial charge in [0.1, 0.15) is 11.6 Å². The minimum absolute atomic E-state index is 0.271. The number of hydrogen-bond acceptors (Lipinski definition) is 7. The molecule has 3 rings (SSSR count). The SMILES string of the molecule is CCc1c(C(=O)NNC(=O)C(C)Oc2ccc(F)cc2)cnn1-c1ccc(OC)nn1. The Balaban J connectivity index is 1.64. The van der Waals surface area contributed by atoms with Crippen LogP contribution in [0, 0.1) is 5.82 Å². The highest BCUT2D eigenvalue weighted by Gasteiger charge is 2.20. The third-order valence-corrected chi connectivity index (χ3v) is 4.30. The lowest BCUT2D eigenvalue weighted by molar-refractivity contribution is -0.128. The first-order valence-corrected chi connectivity index (χ1v) is 9.40. The van der Waals surface area contributed by atoms with E-state index in [-0.39, 0.29) is 5.56 Å². The fraction of sp³-hybridized carbons (Fsp3) is 0.250. The number of nitrogens with one attached hydrogen (secondary N) is 2. The van der Waals surface area contributed by atoms with Crippen LogP contribution in [0.3, 0.4) is 0 Å². The van der Waals surface area contributed by atoms with Gasteiger partial charge in [0.25, 0.3) is 11.8 Å². The van der Waals surface area contributed by atoms with Crippen molar-refractivity contribution in [3.63, 3.8) is 0 Å². The molecule has 2 aromatic heterocycles. The summed E-state index contributed by atoms with van der Waals surface area (Å²) in [7, 11) is 1.48. The van der Waals surface area contributed by atoms with Crippen LogP contribution in [-0.4, -0.2) is 45.0 Å². The van der Waals surface area contributed by atoms with E-state index in [0.29, 0.717) is 29.6 Å². The van der Waals surface area contributed by atoms with Crippen molar-refractivity contribution >= 4 is 11.8 Å². The van der Waals surface area contributed by atoms with Crippen LogP contribution < -0.4 is 20.3 Å². The minimum Gasteiger partial charge on any atom is -0.481 e. The Morgan fingerprint density at radius 1 is 1.13 bits per heavy atom. The molecule has 0 bridgehead atoms. The van der Waals surface area contributed by atoms with E-state index in [2.05, 4.69) is 26.1 Å². The van der Waals surface area contributed by atoms with E-state index < -0.39 is 23.7 Å². The van der Waals surface area contributed by atoms with Crippen molar-refractivity contribution in [2.75, 3.05) is 7.11 Å². The van der Waals surface area contributed by atoms with Gasteiger partial charge in [-0.2, -0.15) is 5.10 Å². The molecule has 1 unspecified atom stereocenters. The molecule has 3 aromatic rings. The zero-order valence-corrected chi connectivity index (χ0v) is 17.1. The summed E-state index contributed by atoms with van der Waals surface area (Å²) >= 11 is 0. The highest BCUT2D eigenvalue weighted by atomic mass is 19.1. The zero-order valence-electron chi connectivity index (χ0n) is 17.1. The van der Waals surface area contributed by atoms with Crippen molar-refractivity contribution in [1.29, 1.82) is 0 Å². The van der Waals surface area contributed by atoms with Gasteiger partial charge in [-0.15, -0.1) is 10.2 Å². The van der Waals surface area contributed by atoms with Gasteiger partial charge < -0.3 is 9.47 Å². The maximum atomic E-state index is 13.0. The second-order valence-electron chi connectivity index (χ2n) is 6.36. The molecule has 162 valence electrons. The molecule has 31 heavy (non-hydrogen) atoms. The molecule has 0 saturated heterocycles. The fourth-order valence-corrected chi connectivity index (χ4v) is 2.69. The highest BCUT2D eigenvalue weighted by molar-refractivity contribution is 5.96. The van der Waals surface area contributed by atoms with Gasteiger partial charge in [-0.3, -0.25) is 20.4 Å². The third-order valence-electron chi connectivity index (χ3n) is 4.30. The van der Waals surface area contributed by atoms with Crippen LogP contribution in [-0.2, 0) is 11.2 Å². The summed E-state index contributed by atoms with van der Waals surface area (Å²) in [6.07, 6.45) is 0.938. The summed E-state index contributed by atoms with van der Waals surface area (Å²) in [5.74, 6) is -0.445. The molecule has 2 amide bonds. The van der Waals surface area contributed by atoms with E-state index in [1.807, 2.05) is 6.92 Å². The molecule has 0 fully saturated rings. The van der Waals surface area contributed by atoms with E-state index in [0.717, 1.165) is 0 Å². The van der Waals surface area contributed by atoms with Crippen LogP contribution in [0.15, 0.2) is 42.6 Å². The van der Waals surface area contributed by atoms with Gasteiger partial charge >= 0.3 is 0 Å². The molecule has 0 aliphatic heterocycles. The number of nitrogens with zero attached hydrogens (tertiary/aromatic N) is 4. The van der Waals surface area contributed by atoms with E-state index in [4.69, 9.17) is 9.47 Å². The predicted octanol–water partition coefficient (Wildman–Crippen LogP) is 1.60. The Morgan fingerprint density at radius 3 is 2.48 bits per heavy atom. The zero-order chi connectivity index (χ0) is 22.4. The number of methoxy groups -OCH3 is 1. The standard InChI is InChI=1S/C20H21FN6O4/c1-4-16-15(11-22-27(16)17-9-10-18(30-3)24-23-17)20(29)26-25-19(28)12(2)31-14-7-5-13(21)6-8-14/h5-12H,4H2,1-3H3,(H,25,28)(H,26,29). The number of halogens is 1. The number of rotatable bonds is 7. The average molecular weight is 428 g/mol. The summed E-state index contributed by atoms with van der Waals surface area (Å²) in [6.45, 7) is 3.36. The van der Waals surface area contributed by atoms with Gasteiger partial charge in [-0.1, -0.05) is 6.92 Å². The first kappa shape index (κ1) is 21.7. The second kappa shape index (κ2) is 9.65. The number of ether oxygens (including phenoxy) is 2. The van der Waals surface area contributed by atoms with Gasteiger partial charge in [-0.05, 0) is 43.7 Å². The lowest BCUT2D eigenvalue weighted by Gasteiger charge is -2.15. The van der Waals surface area contributed by atoms with Gasteiger partial charge in [0.05, 0.1) is 24.6 Å². The molecule has 2 heterocycles. The summed E-state index contributed by atoms with van der Waals surface area (Å²) in [4.78, 5) is 24.8. The summed E-state index contributed by atoms with van der Waals surface area (Å²) in [5.41, 5.74) is 5.51. The van der Waals surface area contributed by atoms with Crippen LogP contribution in [0.4, 0.5) is 4.39 Å². The van der Waals surface area contributed by atoms with E-state index in [1.165, 1.54) is 49.2 Å². The van der Waals surface area contributed by atoms with Crippen LogP contribution in [0.2, 0.25) is 0 Å². The number of carbonyl (C=O) groups excluding carboxylic acids is 2. The molecule has 11 heteroatoms. The van der Waals surface area contributed by atoms with Gasteiger partial charge in [-0.25, -0.2) is 9.07 Å². The number of hydrazine groups is 1. The number of aromatic nitrogens is 4. The minimum atomic E-state index is -0.922. The number of hydrogen-bond donors (Lipinski definition) is 2. The van der Waals surface area contributed by atoms with E-state index in [9.17, 15) is 14.0 Å². The molecule has 0 spiro atoms. The van der Waals surface area contributed by atoms with Crippen LogP contribution in [0.1, 0.15) is 29.9 Å². The van der Waals surface area contributed by atoms with Gasteiger partial charge in [0.15, 0.2) is 11.9 Å². The Morgan fingerprint density at radius 2 is 1.87 bits per heavy atom. The fourth-order valence-electron chi connectivity index (χ4n) is 2.69. The first-order valence-electron chi connectivity index (χ1n) is 9.40.